The first-order chi connectivity index (χ1) is 10.6. The van der Waals surface area contributed by atoms with Gasteiger partial charge in [-0.05, 0) is 36.8 Å². The van der Waals surface area contributed by atoms with Crippen molar-refractivity contribution in [3.05, 3.63) is 88.6 Å². The van der Waals surface area contributed by atoms with Crippen LogP contribution in [0.2, 0.25) is 5.02 Å². The van der Waals surface area contributed by atoms with Gasteiger partial charge in [0, 0.05) is 29.0 Å². The van der Waals surface area contributed by atoms with Crippen molar-refractivity contribution in [1.29, 1.82) is 0 Å². The zero-order valence-corrected chi connectivity index (χ0v) is 13.2. The molecule has 112 valence electrons. The lowest BCUT2D eigenvalue weighted by Gasteiger charge is -2.26. The molecule has 0 saturated heterocycles. The molecule has 22 heavy (non-hydrogen) atoms. The Balaban J connectivity index is 1.94. The molecule has 1 aliphatic heterocycles. The molecule has 1 aliphatic rings. The van der Waals surface area contributed by atoms with E-state index in [-0.39, 0.29) is 0 Å². The number of benzene rings is 2. The average Bonchev–Trinajstić information content (AvgIpc) is 2.56. The van der Waals surface area contributed by atoms with Gasteiger partial charge in [-0.3, -0.25) is 0 Å². The van der Waals surface area contributed by atoms with E-state index >= 15 is 0 Å². The normalized spacial score (nSPS) is 15.6. The maximum atomic E-state index is 10.7. The van der Waals surface area contributed by atoms with Crippen molar-refractivity contribution in [2.75, 3.05) is 11.4 Å². The Morgan fingerprint density at radius 1 is 1.09 bits per heavy atom. The van der Waals surface area contributed by atoms with Crippen molar-refractivity contribution in [3.63, 3.8) is 0 Å². The van der Waals surface area contributed by atoms with Gasteiger partial charge >= 0.3 is 0 Å². The van der Waals surface area contributed by atoms with Crippen LogP contribution < -0.4 is 4.90 Å². The Bertz CT molecular complexity index is 718. The minimum absolute atomic E-state index is 0.670. The highest BCUT2D eigenvalue weighted by atomic mass is 35.5. The Morgan fingerprint density at radius 3 is 2.50 bits per heavy atom. The number of nitrogens with zero attached hydrogens (tertiary/aromatic N) is 1. The van der Waals surface area contributed by atoms with E-state index in [9.17, 15) is 5.11 Å². The third kappa shape index (κ3) is 3.08. The number of hydrogen-bond donors (Lipinski definition) is 1. The Kier molecular flexibility index (Phi) is 4.32. The van der Waals surface area contributed by atoms with Crippen LogP contribution in [-0.2, 0) is 0 Å². The maximum absolute atomic E-state index is 10.7. The number of para-hydroxylation sites is 1. The zero-order chi connectivity index (χ0) is 15.5. The van der Waals surface area contributed by atoms with Gasteiger partial charge < -0.3 is 10.0 Å². The molecule has 2 nitrogen and oxygen atoms in total. The molecule has 3 rings (SSSR count). The molecule has 1 N–H and O–H groups in total. The number of aliphatic hydroxyl groups excluding tert-OH is 1. The van der Waals surface area contributed by atoms with Crippen LogP contribution in [0.25, 0.3) is 0 Å². The topological polar surface area (TPSA) is 23.5 Å². The largest absolute Gasteiger partial charge is 0.384 e. The van der Waals surface area contributed by atoms with Gasteiger partial charge in [-0.15, -0.1) is 0 Å². The van der Waals surface area contributed by atoms with Gasteiger partial charge in [-0.1, -0.05) is 53.6 Å². The number of anilines is 1. The van der Waals surface area contributed by atoms with Gasteiger partial charge in [0.1, 0.15) is 6.10 Å². The Morgan fingerprint density at radius 2 is 1.82 bits per heavy atom. The molecular weight excluding hydrogens is 294 g/mol. The number of rotatable bonds is 3. The van der Waals surface area contributed by atoms with Crippen molar-refractivity contribution in [2.45, 2.75) is 13.0 Å². The smallest absolute Gasteiger partial charge is 0.106 e. The van der Waals surface area contributed by atoms with Crippen LogP contribution in [0.3, 0.4) is 0 Å². The Labute approximate surface area is 136 Å². The molecule has 0 saturated carbocycles. The van der Waals surface area contributed by atoms with E-state index in [0.29, 0.717) is 5.02 Å². The van der Waals surface area contributed by atoms with E-state index < -0.39 is 6.10 Å². The summed E-state index contributed by atoms with van der Waals surface area (Å²) in [6.07, 6.45) is 5.64. The van der Waals surface area contributed by atoms with E-state index in [2.05, 4.69) is 30.2 Å². The second-order valence-electron chi connectivity index (χ2n) is 5.43. The molecule has 0 aliphatic carbocycles. The minimum Gasteiger partial charge on any atom is -0.384 e. The Hall–Kier alpha value is -2.03. The zero-order valence-electron chi connectivity index (χ0n) is 12.4. The summed E-state index contributed by atoms with van der Waals surface area (Å²) in [7, 11) is 0. The third-order valence-electron chi connectivity index (χ3n) is 3.85. The van der Waals surface area contributed by atoms with Crippen molar-refractivity contribution in [1.82, 2.24) is 0 Å². The molecule has 0 bridgehead atoms. The molecule has 2 aromatic rings. The quantitative estimate of drug-likeness (QED) is 0.888. The molecule has 0 radical (unpaired) electrons. The molecule has 0 spiro atoms. The average molecular weight is 312 g/mol. The van der Waals surface area contributed by atoms with E-state index in [0.717, 1.165) is 23.4 Å². The molecular formula is C19H18ClNO. The summed E-state index contributed by atoms with van der Waals surface area (Å²) in [6, 6.07) is 15.3. The van der Waals surface area contributed by atoms with Crippen LogP contribution in [0.4, 0.5) is 5.69 Å². The molecule has 1 unspecified atom stereocenters. The fourth-order valence-electron chi connectivity index (χ4n) is 2.56. The molecule has 0 aromatic heterocycles. The summed E-state index contributed by atoms with van der Waals surface area (Å²) in [5, 5.41) is 11.4. The summed E-state index contributed by atoms with van der Waals surface area (Å²) in [4.78, 5) is 2.14. The van der Waals surface area contributed by atoms with E-state index in [1.807, 2.05) is 36.4 Å². The predicted molar refractivity (Wildman–Crippen MR) is 92.2 cm³/mol. The molecule has 0 fully saturated rings. The summed E-state index contributed by atoms with van der Waals surface area (Å²) >= 11 is 5.92. The lowest BCUT2D eigenvalue weighted by Crippen LogP contribution is -2.20. The highest BCUT2D eigenvalue weighted by molar-refractivity contribution is 6.30. The van der Waals surface area contributed by atoms with Gasteiger partial charge in [-0.2, -0.15) is 0 Å². The highest BCUT2D eigenvalue weighted by Crippen LogP contribution is 2.32. The van der Waals surface area contributed by atoms with Crippen molar-refractivity contribution < 1.29 is 5.11 Å². The van der Waals surface area contributed by atoms with Crippen LogP contribution in [0.5, 0.6) is 0 Å². The summed E-state index contributed by atoms with van der Waals surface area (Å²) < 4.78 is 0. The van der Waals surface area contributed by atoms with E-state index in [4.69, 9.17) is 11.6 Å². The first kappa shape index (κ1) is 14.9. The number of hydrogen-bond acceptors (Lipinski definition) is 2. The van der Waals surface area contributed by atoms with E-state index in [1.165, 1.54) is 5.57 Å². The summed E-state index contributed by atoms with van der Waals surface area (Å²) in [5.74, 6) is 0. The standard InChI is InChI=1S/C19H18ClNO/c1-14-10-12-21(13-11-14)18-5-3-2-4-17(18)19(22)15-6-8-16(20)9-7-15/h2-12,19,22H,13H2,1H3. The van der Waals surface area contributed by atoms with Crippen molar-refractivity contribution in [2.24, 2.45) is 0 Å². The molecule has 0 amide bonds. The van der Waals surface area contributed by atoms with Gasteiger partial charge in [0.15, 0.2) is 0 Å². The monoisotopic (exact) mass is 311 g/mol. The summed E-state index contributed by atoms with van der Waals surface area (Å²) in [5.41, 5.74) is 4.00. The predicted octanol–water partition coefficient (Wildman–Crippen LogP) is 4.70. The number of allylic oxidation sites excluding steroid dienone is 2. The molecule has 3 heteroatoms. The lowest BCUT2D eigenvalue weighted by molar-refractivity contribution is 0.220. The van der Waals surface area contributed by atoms with Crippen LogP contribution in [-0.4, -0.2) is 11.7 Å². The number of halogens is 1. The molecule has 2 aromatic carbocycles. The fraction of sp³-hybridized carbons (Fsp3) is 0.158. The van der Waals surface area contributed by atoms with Crippen LogP contribution >= 0.6 is 11.6 Å². The third-order valence-corrected chi connectivity index (χ3v) is 4.11. The molecule has 1 atom stereocenters. The summed E-state index contributed by atoms with van der Waals surface area (Å²) in [6.45, 7) is 2.90. The van der Waals surface area contributed by atoms with Crippen molar-refractivity contribution in [3.8, 4) is 0 Å². The van der Waals surface area contributed by atoms with Crippen LogP contribution in [0.1, 0.15) is 24.2 Å². The van der Waals surface area contributed by atoms with Gasteiger partial charge in [-0.25, -0.2) is 0 Å². The van der Waals surface area contributed by atoms with Gasteiger partial charge in [0.05, 0.1) is 0 Å². The van der Waals surface area contributed by atoms with E-state index in [1.54, 1.807) is 12.1 Å². The van der Waals surface area contributed by atoms with Gasteiger partial charge in [0.25, 0.3) is 0 Å². The maximum Gasteiger partial charge on any atom is 0.106 e. The highest BCUT2D eigenvalue weighted by Gasteiger charge is 2.17. The second-order valence-corrected chi connectivity index (χ2v) is 5.87. The molecule has 1 heterocycles. The van der Waals surface area contributed by atoms with Crippen molar-refractivity contribution >= 4 is 17.3 Å². The lowest BCUT2D eigenvalue weighted by atomic mass is 9.99. The van der Waals surface area contributed by atoms with Crippen LogP contribution in [0.15, 0.2) is 72.5 Å². The second kappa shape index (κ2) is 6.39. The number of aliphatic hydroxyl groups is 1. The minimum atomic E-state index is -0.672. The van der Waals surface area contributed by atoms with Crippen LogP contribution in [0, 0.1) is 0 Å². The van der Waals surface area contributed by atoms with Gasteiger partial charge in [0.2, 0.25) is 0 Å². The first-order valence-corrected chi connectivity index (χ1v) is 7.67. The fourth-order valence-corrected chi connectivity index (χ4v) is 2.69. The SMILES string of the molecule is CC1=CCN(c2ccccc2C(O)c2ccc(Cl)cc2)C=C1. The first-order valence-electron chi connectivity index (χ1n) is 7.29.